The van der Waals surface area contributed by atoms with Gasteiger partial charge in [0.25, 0.3) is 0 Å². The molecule has 0 amide bonds. The maximum Gasteiger partial charge on any atom is 0.412 e. The van der Waals surface area contributed by atoms with Crippen LogP contribution in [0.15, 0.2) is 0 Å². The zero-order chi connectivity index (χ0) is 22.2. The molecule has 0 radical (unpaired) electrons. The zero-order valence-corrected chi connectivity index (χ0v) is 20.4. The van der Waals surface area contributed by atoms with Crippen molar-refractivity contribution in [3.8, 4) is 0 Å². The topological polar surface area (TPSA) is 62.0 Å². The van der Waals surface area contributed by atoms with E-state index in [2.05, 4.69) is 34.6 Å². The fourth-order valence-corrected chi connectivity index (χ4v) is 5.60. The molecule has 4 rings (SSSR count). The highest BCUT2D eigenvalue weighted by molar-refractivity contribution is 4.95. The van der Waals surface area contributed by atoms with Crippen LogP contribution in [-0.4, -0.2) is 57.5 Å². The molecule has 3 saturated heterocycles. The molecule has 0 N–H and O–H groups in total. The Hall–Kier alpha value is -0.240. The predicted octanol–water partition coefficient (Wildman–Crippen LogP) is 4.60. The van der Waals surface area contributed by atoms with Gasteiger partial charge in [-0.2, -0.15) is 0 Å². The molecule has 4 fully saturated rings. The summed E-state index contributed by atoms with van der Waals surface area (Å²) in [6.07, 6.45) is 6.41. The van der Waals surface area contributed by atoms with Gasteiger partial charge in [0, 0.05) is 13.0 Å². The number of hydrogen-bond donors (Lipinski definition) is 0. The Labute approximate surface area is 188 Å². The molecule has 3 heterocycles. The van der Waals surface area contributed by atoms with E-state index in [4.69, 9.17) is 28.4 Å². The van der Waals surface area contributed by atoms with E-state index in [0.717, 1.165) is 25.2 Å². The third kappa shape index (κ3) is 6.21. The quantitative estimate of drug-likeness (QED) is 0.346. The number of fused-ring (bicyclic) bond motifs is 1. The Bertz CT molecular complexity index is 576. The van der Waals surface area contributed by atoms with Crippen molar-refractivity contribution in [1.29, 1.82) is 0 Å². The first-order valence-electron chi connectivity index (χ1n) is 12.6. The van der Waals surface area contributed by atoms with Crippen LogP contribution in [0.2, 0.25) is 0 Å². The molecule has 1 aliphatic carbocycles. The van der Waals surface area contributed by atoms with Crippen LogP contribution in [0, 0.1) is 35.5 Å². The van der Waals surface area contributed by atoms with Crippen LogP contribution >= 0.6 is 0 Å². The van der Waals surface area contributed by atoms with Gasteiger partial charge in [0.2, 0.25) is 0 Å². The van der Waals surface area contributed by atoms with E-state index in [1.54, 1.807) is 7.11 Å². The monoisotopic (exact) mass is 440 g/mol. The number of epoxide rings is 2. The third-order valence-electron chi connectivity index (χ3n) is 8.24. The van der Waals surface area contributed by atoms with Crippen LogP contribution in [0.25, 0.3) is 0 Å². The van der Waals surface area contributed by atoms with Crippen LogP contribution in [-0.2, 0) is 28.4 Å². The molecule has 0 aromatic carbocycles. The van der Waals surface area contributed by atoms with Gasteiger partial charge in [0.15, 0.2) is 0 Å². The molecule has 31 heavy (non-hydrogen) atoms. The number of hydrogen-bond acceptors (Lipinski definition) is 6. The van der Waals surface area contributed by atoms with E-state index < -0.39 is 6.16 Å². The molecule has 1 saturated carbocycles. The van der Waals surface area contributed by atoms with Crippen LogP contribution in [0.1, 0.15) is 66.7 Å². The second-order valence-electron chi connectivity index (χ2n) is 11.1. The Morgan fingerprint density at radius 3 is 2.19 bits per heavy atom. The van der Waals surface area contributed by atoms with Crippen molar-refractivity contribution in [1.82, 2.24) is 0 Å². The van der Waals surface area contributed by atoms with Gasteiger partial charge in [-0.15, -0.1) is 0 Å². The molecule has 0 aromatic rings. The Balaban J connectivity index is 1.16. The highest BCUT2D eigenvalue weighted by Gasteiger charge is 2.47. The molecular formula is C25H44O6. The van der Waals surface area contributed by atoms with E-state index >= 15 is 0 Å². The van der Waals surface area contributed by atoms with Crippen molar-refractivity contribution in [2.24, 2.45) is 35.5 Å². The Kier molecular flexibility index (Phi) is 7.67. The van der Waals surface area contributed by atoms with Crippen LogP contribution in [0.5, 0.6) is 0 Å². The standard InChI is InChI=1S/C25H44O6/c1-15(7-21-11-24-23(31-24)10-18(21)4)12-27-25(26-6)28-13-20(14-29-25)8-16(2)17(3)9-22-19(5)30-22/h15-24H,7-14H2,1-6H3. The highest BCUT2D eigenvalue weighted by Crippen LogP contribution is 2.45. The minimum atomic E-state index is -1.35. The van der Waals surface area contributed by atoms with Crippen molar-refractivity contribution in [2.75, 3.05) is 26.9 Å². The first-order chi connectivity index (χ1) is 14.8. The first kappa shape index (κ1) is 23.9. The van der Waals surface area contributed by atoms with E-state index in [9.17, 15) is 0 Å². The maximum atomic E-state index is 6.05. The number of methoxy groups -OCH3 is 1. The van der Waals surface area contributed by atoms with E-state index in [1.807, 2.05) is 0 Å². The SMILES string of the molecule is COC1(OCC(C)CC2CC3OC3CC2C)OCC(CC(C)C(C)CC2OC2C)CO1. The van der Waals surface area contributed by atoms with Crippen molar-refractivity contribution < 1.29 is 28.4 Å². The minimum absolute atomic E-state index is 0.369. The average molecular weight is 441 g/mol. The lowest BCUT2D eigenvalue weighted by Crippen LogP contribution is -2.49. The van der Waals surface area contributed by atoms with Gasteiger partial charge >= 0.3 is 6.16 Å². The van der Waals surface area contributed by atoms with Crippen LogP contribution in [0.3, 0.4) is 0 Å². The molecule has 0 spiro atoms. The fourth-order valence-electron chi connectivity index (χ4n) is 5.60. The summed E-state index contributed by atoms with van der Waals surface area (Å²) in [5, 5.41) is 0. The second kappa shape index (κ2) is 9.94. The summed E-state index contributed by atoms with van der Waals surface area (Å²) in [5.41, 5.74) is 0. The Morgan fingerprint density at radius 1 is 0.903 bits per heavy atom. The lowest BCUT2D eigenvalue weighted by molar-refractivity contribution is -0.513. The van der Waals surface area contributed by atoms with Gasteiger partial charge in [0.1, 0.15) is 0 Å². The third-order valence-corrected chi connectivity index (χ3v) is 8.24. The summed E-state index contributed by atoms with van der Waals surface area (Å²) in [7, 11) is 1.60. The molecule has 6 nitrogen and oxygen atoms in total. The highest BCUT2D eigenvalue weighted by atomic mass is 17.0. The maximum absolute atomic E-state index is 6.05. The van der Waals surface area contributed by atoms with E-state index in [-0.39, 0.29) is 0 Å². The zero-order valence-electron chi connectivity index (χ0n) is 20.4. The molecule has 180 valence electrons. The van der Waals surface area contributed by atoms with Gasteiger partial charge in [-0.1, -0.05) is 27.7 Å². The van der Waals surface area contributed by atoms with E-state index in [0.29, 0.717) is 73.8 Å². The lowest BCUT2D eigenvalue weighted by Gasteiger charge is -2.39. The molecule has 4 aliphatic rings. The van der Waals surface area contributed by atoms with Gasteiger partial charge in [-0.25, -0.2) is 0 Å². The second-order valence-corrected chi connectivity index (χ2v) is 11.1. The predicted molar refractivity (Wildman–Crippen MR) is 117 cm³/mol. The number of ether oxygens (including phenoxy) is 6. The van der Waals surface area contributed by atoms with Crippen LogP contribution < -0.4 is 0 Å². The van der Waals surface area contributed by atoms with Gasteiger partial charge in [0.05, 0.1) is 44.2 Å². The number of rotatable bonds is 11. The van der Waals surface area contributed by atoms with Crippen LogP contribution in [0.4, 0.5) is 0 Å². The fraction of sp³-hybridized carbons (Fsp3) is 1.00. The normalized spacial score (nSPS) is 44.9. The molecule has 9 unspecified atom stereocenters. The van der Waals surface area contributed by atoms with Crippen molar-refractivity contribution in [3.05, 3.63) is 0 Å². The lowest BCUT2D eigenvalue weighted by atomic mass is 9.76. The smallest absolute Gasteiger partial charge is 0.370 e. The molecular weight excluding hydrogens is 396 g/mol. The molecule has 0 bridgehead atoms. The van der Waals surface area contributed by atoms with Gasteiger partial charge in [-0.3, -0.25) is 0 Å². The average Bonchev–Trinajstić information content (AvgIpc) is 3.66. The summed E-state index contributed by atoms with van der Waals surface area (Å²) in [6.45, 7) is 13.2. The summed E-state index contributed by atoms with van der Waals surface area (Å²) >= 11 is 0. The largest absolute Gasteiger partial charge is 0.412 e. The van der Waals surface area contributed by atoms with E-state index in [1.165, 1.54) is 12.8 Å². The van der Waals surface area contributed by atoms with Gasteiger partial charge < -0.3 is 28.4 Å². The Morgan fingerprint density at radius 2 is 1.55 bits per heavy atom. The molecule has 9 atom stereocenters. The summed E-state index contributed by atoms with van der Waals surface area (Å²) in [4.78, 5) is 0. The van der Waals surface area contributed by atoms with Crippen molar-refractivity contribution in [3.63, 3.8) is 0 Å². The van der Waals surface area contributed by atoms with Crippen molar-refractivity contribution >= 4 is 0 Å². The minimum Gasteiger partial charge on any atom is -0.370 e. The molecule has 6 heteroatoms. The summed E-state index contributed by atoms with van der Waals surface area (Å²) in [5.74, 6) is 3.48. The summed E-state index contributed by atoms with van der Waals surface area (Å²) in [6, 6.07) is 0. The molecule has 0 aromatic heterocycles. The van der Waals surface area contributed by atoms with Crippen molar-refractivity contribution in [2.45, 2.75) is 97.3 Å². The van der Waals surface area contributed by atoms with Gasteiger partial charge in [-0.05, 0) is 68.6 Å². The summed E-state index contributed by atoms with van der Waals surface area (Å²) < 4.78 is 34.9. The first-order valence-corrected chi connectivity index (χ1v) is 12.6. The molecule has 3 aliphatic heterocycles.